The predicted octanol–water partition coefficient (Wildman–Crippen LogP) is 0.947. The van der Waals surface area contributed by atoms with E-state index in [1.807, 2.05) is 6.07 Å². The average molecular weight is 266 g/mol. The normalized spacial score (nSPS) is 17.3. The van der Waals surface area contributed by atoms with E-state index in [-0.39, 0.29) is 6.04 Å². The van der Waals surface area contributed by atoms with E-state index in [1.54, 1.807) is 13.3 Å². The number of ether oxygens (including phenoxy) is 2. The number of rotatable bonds is 5. The number of hydrogen-bond acceptors (Lipinski definition) is 6. The molecule has 0 aromatic carbocycles. The van der Waals surface area contributed by atoms with Gasteiger partial charge in [0, 0.05) is 32.3 Å². The van der Waals surface area contributed by atoms with Gasteiger partial charge in [-0.25, -0.2) is 4.98 Å². The van der Waals surface area contributed by atoms with E-state index in [1.165, 1.54) is 0 Å². The monoisotopic (exact) mass is 266 g/mol. The average Bonchev–Trinajstić information content (AvgIpc) is 2.42. The number of hydrogen-bond donors (Lipinski definition) is 2. The molecule has 0 saturated carbocycles. The van der Waals surface area contributed by atoms with Gasteiger partial charge in [-0.15, -0.1) is 0 Å². The van der Waals surface area contributed by atoms with Crippen LogP contribution >= 0.6 is 0 Å². The van der Waals surface area contributed by atoms with Crippen LogP contribution in [0.25, 0.3) is 0 Å². The molecule has 2 heterocycles. The molecule has 0 unspecified atom stereocenters. The summed E-state index contributed by atoms with van der Waals surface area (Å²) in [5, 5.41) is 3.34. The van der Waals surface area contributed by atoms with E-state index in [2.05, 4.69) is 22.1 Å². The molecule has 19 heavy (non-hydrogen) atoms. The molecule has 0 bridgehead atoms. The van der Waals surface area contributed by atoms with Gasteiger partial charge in [0.2, 0.25) is 0 Å². The van der Waals surface area contributed by atoms with Crippen LogP contribution in [0.15, 0.2) is 12.3 Å². The standard InChI is InChI=1S/C13H22N4O2/c1-10(9-18-2)16-12-7-13(15-8-11(12)14)17-3-5-19-6-4-17/h7-8,10H,3-6,9,14H2,1-2H3,(H,15,16)/t10-/m1/s1. The zero-order valence-corrected chi connectivity index (χ0v) is 11.6. The highest BCUT2D eigenvalue weighted by Gasteiger charge is 2.14. The van der Waals surface area contributed by atoms with Gasteiger partial charge in [0.1, 0.15) is 5.82 Å². The Kier molecular flexibility index (Phi) is 4.81. The van der Waals surface area contributed by atoms with Gasteiger partial charge in [-0.2, -0.15) is 0 Å². The van der Waals surface area contributed by atoms with Crippen LogP contribution in [0, 0.1) is 0 Å². The molecule has 106 valence electrons. The van der Waals surface area contributed by atoms with E-state index in [0.29, 0.717) is 12.3 Å². The van der Waals surface area contributed by atoms with E-state index in [4.69, 9.17) is 15.2 Å². The second-order valence-corrected chi connectivity index (χ2v) is 4.73. The Morgan fingerprint density at radius 1 is 1.53 bits per heavy atom. The number of aromatic nitrogens is 1. The molecule has 3 N–H and O–H groups in total. The number of nitrogens with one attached hydrogen (secondary N) is 1. The fraction of sp³-hybridized carbons (Fsp3) is 0.615. The number of anilines is 3. The first-order chi connectivity index (χ1) is 9.20. The summed E-state index contributed by atoms with van der Waals surface area (Å²) in [6.07, 6.45) is 1.70. The topological polar surface area (TPSA) is 72.6 Å². The van der Waals surface area contributed by atoms with Gasteiger partial charge in [0.15, 0.2) is 0 Å². The van der Waals surface area contributed by atoms with E-state index >= 15 is 0 Å². The van der Waals surface area contributed by atoms with Gasteiger partial charge in [-0.1, -0.05) is 0 Å². The summed E-state index contributed by atoms with van der Waals surface area (Å²) in [6, 6.07) is 2.19. The number of nitrogens with zero attached hydrogens (tertiary/aromatic N) is 2. The maximum Gasteiger partial charge on any atom is 0.130 e. The third-order valence-electron chi connectivity index (χ3n) is 3.07. The van der Waals surface area contributed by atoms with E-state index < -0.39 is 0 Å². The van der Waals surface area contributed by atoms with Crippen molar-refractivity contribution in [2.45, 2.75) is 13.0 Å². The Bertz CT molecular complexity index is 408. The summed E-state index contributed by atoms with van der Waals surface area (Å²) in [5.41, 5.74) is 7.51. The molecule has 1 aliphatic rings. The molecule has 0 amide bonds. The maximum atomic E-state index is 5.95. The summed E-state index contributed by atoms with van der Waals surface area (Å²) in [6.45, 7) is 5.91. The fourth-order valence-electron chi connectivity index (χ4n) is 2.10. The molecule has 1 saturated heterocycles. The largest absolute Gasteiger partial charge is 0.396 e. The smallest absolute Gasteiger partial charge is 0.130 e. The van der Waals surface area contributed by atoms with Crippen LogP contribution in [0.5, 0.6) is 0 Å². The second kappa shape index (κ2) is 6.58. The molecule has 1 aromatic rings. The van der Waals surface area contributed by atoms with Crippen molar-refractivity contribution in [3.63, 3.8) is 0 Å². The number of pyridine rings is 1. The van der Waals surface area contributed by atoms with Crippen molar-refractivity contribution < 1.29 is 9.47 Å². The number of nitrogens with two attached hydrogens (primary N) is 1. The zero-order valence-electron chi connectivity index (χ0n) is 11.6. The van der Waals surface area contributed by atoms with E-state index in [9.17, 15) is 0 Å². The zero-order chi connectivity index (χ0) is 13.7. The molecule has 0 radical (unpaired) electrons. The third-order valence-corrected chi connectivity index (χ3v) is 3.07. The molecule has 1 aliphatic heterocycles. The van der Waals surface area contributed by atoms with Crippen molar-refractivity contribution >= 4 is 17.2 Å². The lowest BCUT2D eigenvalue weighted by Gasteiger charge is -2.28. The Morgan fingerprint density at radius 3 is 2.95 bits per heavy atom. The van der Waals surface area contributed by atoms with Crippen molar-refractivity contribution in [3.8, 4) is 0 Å². The lowest BCUT2D eigenvalue weighted by molar-refractivity contribution is 0.122. The molecular weight excluding hydrogens is 244 g/mol. The van der Waals surface area contributed by atoms with Gasteiger partial charge < -0.3 is 25.4 Å². The fourth-order valence-corrected chi connectivity index (χ4v) is 2.10. The molecule has 1 fully saturated rings. The molecule has 0 spiro atoms. The minimum atomic E-state index is 0.201. The SMILES string of the molecule is COC[C@@H](C)Nc1cc(N2CCOCC2)ncc1N. The van der Waals surface area contributed by atoms with Crippen molar-refractivity contribution in [2.24, 2.45) is 0 Å². The molecule has 0 aliphatic carbocycles. The summed E-state index contributed by atoms with van der Waals surface area (Å²) >= 11 is 0. The van der Waals surface area contributed by atoms with Crippen LogP contribution in [-0.2, 0) is 9.47 Å². The first kappa shape index (κ1) is 13.9. The Hall–Kier alpha value is -1.53. The highest BCUT2D eigenvalue weighted by Crippen LogP contribution is 2.24. The van der Waals surface area contributed by atoms with Gasteiger partial charge in [0.05, 0.1) is 37.4 Å². The van der Waals surface area contributed by atoms with Crippen LogP contribution in [0.1, 0.15) is 6.92 Å². The summed E-state index contributed by atoms with van der Waals surface area (Å²) in [7, 11) is 1.69. The molecule has 6 nitrogen and oxygen atoms in total. The highest BCUT2D eigenvalue weighted by molar-refractivity contribution is 5.69. The minimum Gasteiger partial charge on any atom is -0.396 e. The quantitative estimate of drug-likeness (QED) is 0.826. The number of nitrogen functional groups attached to an aromatic ring is 1. The first-order valence-corrected chi connectivity index (χ1v) is 6.54. The van der Waals surface area contributed by atoms with Crippen molar-refractivity contribution in [1.82, 2.24) is 4.98 Å². The van der Waals surface area contributed by atoms with Crippen LogP contribution < -0.4 is 16.0 Å². The molecule has 2 rings (SSSR count). The van der Waals surface area contributed by atoms with Gasteiger partial charge >= 0.3 is 0 Å². The first-order valence-electron chi connectivity index (χ1n) is 6.54. The Balaban J connectivity index is 2.09. The third kappa shape index (κ3) is 3.71. The second-order valence-electron chi connectivity index (χ2n) is 4.73. The lowest BCUT2D eigenvalue weighted by atomic mass is 10.2. The van der Waals surface area contributed by atoms with Crippen LogP contribution in [0.3, 0.4) is 0 Å². The van der Waals surface area contributed by atoms with Gasteiger partial charge in [-0.3, -0.25) is 0 Å². The van der Waals surface area contributed by atoms with Gasteiger partial charge in [0.25, 0.3) is 0 Å². The number of morpholine rings is 1. The Labute approximate surface area is 113 Å². The molecular formula is C13H22N4O2. The maximum absolute atomic E-state index is 5.95. The van der Waals surface area contributed by atoms with Crippen molar-refractivity contribution in [1.29, 1.82) is 0 Å². The van der Waals surface area contributed by atoms with Crippen LogP contribution in [-0.4, -0.2) is 51.0 Å². The molecule has 1 atom stereocenters. The summed E-state index contributed by atoms with van der Waals surface area (Å²) in [4.78, 5) is 6.59. The van der Waals surface area contributed by atoms with Crippen LogP contribution in [0.4, 0.5) is 17.2 Å². The Morgan fingerprint density at radius 2 is 2.26 bits per heavy atom. The van der Waals surface area contributed by atoms with Gasteiger partial charge in [-0.05, 0) is 6.92 Å². The number of methoxy groups -OCH3 is 1. The van der Waals surface area contributed by atoms with E-state index in [0.717, 1.165) is 37.8 Å². The summed E-state index contributed by atoms with van der Waals surface area (Å²) < 4.78 is 10.5. The summed E-state index contributed by atoms with van der Waals surface area (Å²) in [5.74, 6) is 0.935. The highest BCUT2D eigenvalue weighted by atomic mass is 16.5. The molecule has 6 heteroatoms. The predicted molar refractivity (Wildman–Crippen MR) is 76.6 cm³/mol. The molecule has 1 aromatic heterocycles. The lowest BCUT2D eigenvalue weighted by Crippen LogP contribution is -2.36. The van der Waals surface area contributed by atoms with Crippen molar-refractivity contribution in [3.05, 3.63) is 12.3 Å². The minimum absolute atomic E-state index is 0.201. The van der Waals surface area contributed by atoms with Crippen molar-refractivity contribution in [2.75, 3.05) is 56.0 Å². The van der Waals surface area contributed by atoms with Crippen LogP contribution in [0.2, 0.25) is 0 Å².